The number of nitrogens with zero attached hydrogens (tertiary/aromatic N) is 1. The van der Waals surface area contributed by atoms with Crippen LogP contribution in [0.15, 0.2) is 0 Å². The SMILES string of the molecule is CC(C)NC(C)(CCCCN1CCCCCCC1)C(=O)O. The van der Waals surface area contributed by atoms with Crippen molar-refractivity contribution in [1.82, 2.24) is 10.2 Å². The first-order valence-corrected chi connectivity index (χ1v) is 8.67. The molecule has 1 heterocycles. The first-order valence-electron chi connectivity index (χ1n) is 8.67. The molecule has 0 spiro atoms. The maximum absolute atomic E-state index is 11.5. The second-order valence-electron chi connectivity index (χ2n) is 7.00. The Bertz CT molecular complexity index is 299. The molecule has 0 aromatic carbocycles. The summed E-state index contributed by atoms with van der Waals surface area (Å²) in [6, 6.07) is 0.195. The zero-order chi connectivity index (χ0) is 15.7. The monoisotopic (exact) mass is 298 g/mol. The highest BCUT2D eigenvalue weighted by Gasteiger charge is 2.32. The van der Waals surface area contributed by atoms with Gasteiger partial charge in [0, 0.05) is 6.04 Å². The van der Waals surface area contributed by atoms with E-state index in [1.165, 1.54) is 45.2 Å². The van der Waals surface area contributed by atoms with Crippen molar-refractivity contribution < 1.29 is 9.90 Å². The van der Waals surface area contributed by atoms with E-state index >= 15 is 0 Å². The lowest BCUT2D eigenvalue weighted by atomic mass is 9.94. The van der Waals surface area contributed by atoms with E-state index in [-0.39, 0.29) is 6.04 Å². The highest BCUT2D eigenvalue weighted by atomic mass is 16.4. The number of rotatable bonds is 8. The van der Waals surface area contributed by atoms with Crippen molar-refractivity contribution in [2.75, 3.05) is 19.6 Å². The summed E-state index contributed by atoms with van der Waals surface area (Å²) in [4.78, 5) is 14.0. The molecule has 124 valence electrons. The minimum Gasteiger partial charge on any atom is -0.480 e. The number of hydrogen-bond donors (Lipinski definition) is 2. The molecule has 1 aliphatic heterocycles. The van der Waals surface area contributed by atoms with Crippen LogP contribution in [-0.2, 0) is 4.79 Å². The van der Waals surface area contributed by atoms with Crippen molar-refractivity contribution in [3.8, 4) is 0 Å². The molecular weight excluding hydrogens is 264 g/mol. The average Bonchev–Trinajstić information content (AvgIpc) is 2.35. The molecule has 1 saturated heterocycles. The Balaban J connectivity index is 2.28. The average molecular weight is 298 g/mol. The van der Waals surface area contributed by atoms with Crippen LogP contribution in [0.3, 0.4) is 0 Å². The van der Waals surface area contributed by atoms with Gasteiger partial charge in [-0.15, -0.1) is 0 Å². The largest absolute Gasteiger partial charge is 0.480 e. The Kier molecular flexibility index (Phi) is 8.27. The van der Waals surface area contributed by atoms with Crippen molar-refractivity contribution in [2.24, 2.45) is 0 Å². The van der Waals surface area contributed by atoms with Crippen LogP contribution in [0.2, 0.25) is 0 Å². The van der Waals surface area contributed by atoms with E-state index in [9.17, 15) is 9.90 Å². The molecule has 1 aliphatic rings. The molecule has 4 nitrogen and oxygen atoms in total. The molecule has 0 aliphatic carbocycles. The van der Waals surface area contributed by atoms with Gasteiger partial charge in [0.25, 0.3) is 0 Å². The van der Waals surface area contributed by atoms with Gasteiger partial charge in [-0.1, -0.05) is 19.3 Å². The van der Waals surface area contributed by atoms with E-state index < -0.39 is 11.5 Å². The summed E-state index contributed by atoms with van der Waals surface area (Å²) >= 11 is 0. The number of carboxylic acids is 1. The number of unbranched alkanes of at least 4 members (excludes halogenated alkanes) is 1. The fourth-order valence-corrected chi connectivity index (χ4v) is 3.23. The summed E-state index contributed by atoms with van der Waals surface area (Å²) < 4.78 is 0. The van der Waals surface area contributed by atoms with Crippen molar-refractivity contribution >= 4 is 5.97 Å². The van der Waals surface area contributed by atoms with Crippen molar-refractivity contribution in [2.45, 2.75) is 83.7 Å². The maximum Gasteiger partial charge on any atom is 0.323 e. The third kappa shape index (κ3) is 7.28. The van der Waals surface area contributed by atoms with Crippen LogP contribution in [0.25, 0.3) is 0 Å². The molecule has 0 amide bonds. The molecule has 1 rings (SSSR count). The molecule has 0 aromatic heterocycles. The first kappa shape index (κ1) is 18.4. The molecule has 0 radical (unpaired) electrons. The van der Waals surface area contributed by atoms with Gasteiger partial charge in [-0.05, 0) is 72.5 Å². The van der Waals surface area contributed by atoms with E-state index in [2.05, 4.69) is 10.2 Å². The lowest BCUT2D eigenvalue weighted by Gasteiger charge is -2.29. The molecule has 0 aromatic rings. The van der Waals surface area contributed by atoms with Gasteiger partial charge in [0.05, 0.1) is 0 Å². The van der Waals surface area contributed by atoms with Gasteiger partial charge in [0.15, 0.2) is 0 Å². The molecule has 2 N–H and O–H groups in total. The van der Waals surface area contributed by atoms with Gasteiger partial charge in [0.1, 0.15) is 5.54 Å². The van der Waals surface area contributed by atoms with Gasteiger partial charge in [0.2, 0.25) is 0 Å². The quantitative estimate of drug-likeness (QED) is 0.675. The highest BCUT2D eigenvalue weighted by molar-refractivity contribution is 5.78. The number of likely N-dealkylation sites (tertiary alicyclic amines) is 1. The van der Waals surface area contributed by atoms with Gasteiger partial charge in [-0.3, -0.25) is 10.1 Å². The topological polar surface area (TPSA) is 52.6 Å². The normalized spacial score (nSPS) is 20.8. The van der Waals surface area contributed by atoms with Gasteiger partial charge >= 0.3 is 5.97 Å². The van der Waals surface area contributed by atoms with Crippen molar-refractivity contribution in [3.63, 3.8) is 0 Å². The zero-order valence-corrected chi connectivity index (χ0v) is 14.2. The molecule has 4 heteroatoms. The van der Waals surface area contributed by atoms with Crippen LogP contribution < -0.4 is 5.32 Å². The van der Waals surface area contributed by atoms with E-state index in [1.807, 2.05) is 20.8 Å². The third-order valence-corrected chi connectivity index (χ3v) is 4.43. The first-order chi connectivity index (χ1) is 9.94. The lowest BCUT2D eigenvalue weighted by Crippen LogP contribution is -2.52. The number of carboxylic acid groups (broad SMARTS) is 1. The molecular formula is C17H34N2O2. The van der Waals surface area contributed by atoms with E-state index in [4.69, 9.17) is 0 Å². The summed E-state index contributed by atoms with van der Waals surface area (Å²) in [6.07, 6.45) is 9.54. The summed E-state index contributed by atoms with van der Waals surface area (Å²) in [5, 5.41) is 12.6. The molecule has 1 unspecified atom stereocenters. The van der Waals surface area contributed by atoms with Crippen LogP contribution in [0.1, 0.15) is 72.1 Å². The van der Waals surface area contributed by atoms with Crippen LogP contribution in [0.5, 0.6) is 0 Å². The smallest absolute Gasteiger partial charge is 0.323 e. The molecule has 1 fully saturated rings. The third-order valence-electron chi connectivity index (χ3n) is 4.43. The Hall–Kier alpha value is -0.610. The second-order valence-corrected chi connectivity index (χ2v) is 7.00. The number of aliphatic carboxylic acids is 1. The van der Waals surface area contributed by atoms with Crippen LogP contribution in [-0.4, -0.2) is 47.2 Å². The van der Waals surface area contributed by atoms with Crippen LogP contribution in [0, 0.1) is 0 Å². The van der Waals surface area contributed by atoms with Crippen LogP contribution >= 0.6 is 0 Å². The fourth-order valence-electron chi connectivity index (χ4n) is 3.23. The fraction of sp³-hybridized carbons (Fsp3) is 0.941. The highest BCUT2D eigenvalue weighted by Crippen LogP contribution is 2.17. The van der Waals surface area contributed by atoms with Crippen molar-refractivity contribution in [3.05, 3.63) is 0 Å². The van der Waals surface area contributed by atoms with E-state index in [0.29, 0.717) is 6.42 Å². The lowest BCUT2D eigenvalue weighted by molar-refractivity contribution is -0.144. The molecule has 21 heavy (non-hydrogen) atoms. The standard InChI is InChI=1S/C17H34N2O2/c1-15(2)18-17(3,16(20)21)11-7-10-14-19-12-8-5-4-6-9-13-19/h15,18H,4-14H2,1-3H3,(H,20,21). The minimum atomic E-state index is -0.787. The summed E-state index contributed by atoms with van der Waals surface area (Å²) in [5.41, 5.74) is -0.787. The Morgan fingerprint density at radius 1 is 1.14 bits per heavy atom. The second kappa shape index (κ2) is 9.42. The number of hydrogen-bond acceptors (Lipinski definition) is 3. The van der Waals surface area contributed by atoms with Gasteiger partial charge in [-0.2, -0.15) is 0 Å². The van der Waals surface area contributed by atoms with Crippen LogP contribution in [0.4, 0.5) is 0 Å². The predicted molar refractivity (Wildman–Crippen MR) is 87.7 cm³/mol. The maximum atomic E-state index is 11.5. The Morgan fingerprint density at radius 2 is 1.71 bits per heavy atom. The van der Waals surface area contributed by atoms with Gasteiger partial charge in [-0.25, -0.2) is 0 Å². The zero-order valence-electron chi connectivity index (χ0n) is 14.2. The summed E-state index contributed by atoms with van der Waals surface area (Å²) in [6.45, 7) is 9.38. The Labute approximate surface area is 130 Å². The van der Waals surface area contributed by atoms with Crippen molar-refractivity contribution in [1.29, 1.82) is 0 Å². The van der Waals surface area contributed by atoms with E-state index in [0.717, 1.165) is 19.4 Å². The van der Waals surface area contributed by atoms with Gasteiger partial charge < -0.3 is 10.0 Å². The molecule has 0 bridgehead atoms. The molecule has 1 atom stereocenters. The summed E-state index contributed by atoms with van der Waals surface area (Å²) in [5.74, 6) is -0.734. The minimum absolute atomic E-state index is 0.195. The molecule has 0 saturated carbocycles. The van der Waals surface area contributed by atoms with E-state index in [1.54, 1.807) is 0 Å². The Morgan fingerprint density at radius 3 is 2.24 bits per heavy atom. The predicted octanol–water partition coefficient (Wildman–Crippen LogP) is 3.26. The number of nitrogens with one attached hydrogen (secondary N) is 1. The number of carbonyl (C=O) groups is 1. The summed E-state index contributed by atoms with van der Waals surface area (Å²) in [7, 11) is 0.